The summed E-state index contributed by atoms with van der Waals surface area (Å²) < 4.78 is 10.5. The fraction of sp³-hybridized carbons (Fsp3) is 0.250. The van der Waals surface area contributed by atoms with E-state index in [9.17, 15) is 9.59 Å². The van der Waals surface area contributed by atoms with Crippen molar-refractivity contribution >= 4 is 28.5 Å². The maximum atomic E-state index is 13.1. The Morgan fingerprint density at radius 2 is 1.76 bits per heavy atom. The van der Waals surface area contributed by atoms with Gasteiger partial charge in [-0.15, -0.1) is 0 Å². The molecule has 0 radical (unpaired) electrons. The van der Waals surface area contributed by atoms with Crippen molar-refractivity contribution in [2.75, 3.05) is 38.0 Å². The Morgan fingerprint density at radius 3 is 2.48 bits per heavy atom. The van der Waals surface area contributed by atoms with Gasteiger partial charge >= 0.3 is 0 Å². The van der Waals surface area contributed by atoms with Gasteiger partial charge in [0.1, 0.15) is 11.3 Å². The molecule has 1 N–H and O–H groups in total. The molecule has 0 aliphatic carbocycles. The third-order valence-corrected chi connectivity index (χ3v) is 5.68. The first-order valence-corrected chi connectivity index (χ1v) is 10.8. The summed E-state index contributed by atoms with van der Waals surface area (Å²) in [7, 11) is 0. The summed E-state index contributed by atoms with van der Waals surface area (Å²) >= 11 is 0. The van der Waals surface area contributed by atoms with Gasteiger partial charge in [0.15, 0.2) is 11.6 Å². The van der Waals surface area contributed by atoms with Crippen LogP contribution in [0.5, 0.6) is 0 Å². The molecule has 0 spiro atoms. The van der Waals surface area contributed by atoms with Crippen molar-refractivity contribution in [3.63, 3.8) is 0 Å². The van der Waals surface area contributed by atoms with Crippen LogP contribution in [0.15, 0.2) is 63.6 Å². The minimum atomic E-state index is -0.158. The number of fused-ring (bicyclic) bond motifs is 1. The first-order chi connectivity index (χ1) is 16.1. The highest BCUT2D eigenvalue weighted by Gasteiger charge is 2.24. The molecular formula is C24H23N5O4. The molecule has 1 saturated heterocycles. The molecular weight excluding hydrogens is 422 g/mol. The van der Waals surface area contributed by atoms with Crippen LogP contribution in [0.1, 0.15) is 16.1 Å². The number of hydrogen-bond acceptors (Lipinski definition) is 7. The average molecular weight is 445 g/mol. The zero-order valence-electron chi connectivity index (χ0n) is 18.2. The summed E-state index contributed by atoms with van der Waals surface area (Å²) in [6.07, 6.45) is 0. The Kier molecular flexibility index (Phi) is 5.62. The number of carbonyl (C=O) groups is 2. The topological polar surface area (TPSA) is 105 Å². The van der Waals surface area contributed by atoms with Crippen molar-refractivity contribution in [3.8, 4) is 11.3 Å². The number of nitrogens with zero attached hydrogens (tertiary/aromatic N) is 4. The molecule has 9 heteroatoms. The van der Waals surface area contributed by atoms with Crippen molar-refractivity contribution < 1.29 is 18.6 Å². The Morgan fingerprint density at radius 1 is 0.970 bits per heavy atom. The summed E-state index contributed by atoms with van der Waals surface area (Å²) in [4.78, 5) is 29.2. The quantitative estimate of drug-likeness (QED) is 0.503. The van der Waals surface area contributed by atoms with Gasteiger partial charge in [-0.3, -0.25) is 14.5 Å². The molecule has 0 bridgehead atoms. The molecule has 0 unspecified atom stereocenters. The van der Waals surface area contributed by atoms with E-state index in [1.165, 1.54) is 0 Å². The number of aromatic nitrogens is 2. The summed E-state index contributed by atoms with van der Waals surface area (Å²) in [6.45, 7) is 4.32. The van der Waals surface area contributed by atoms with Crippen molar-refractivity contribution in [2.24, 2.45) is 0 Å². The van der Waals surface area contributed by atoms with Gasteiger partial charge in [-0.1, -0.05) is 40.6 Å². The van der Waals surface area contributed by atoms with Gasteiger partial charge < -0.3 is 19.3 Å². The SMILES string of the molecule is Cc1cc(NC(=O)CN2CCN(C(=O)c3ccc4noc(-c5ccccc5)c4c3)CC2)no1. The average Bonchev–Trinajstić information content (AvgIpc) is 3.45. The predicted octanol–water partition coefficient (Wildman–Crippen LogP) is 3.19. The summed E-state index contributed by atoms with van der Waals surface area (Å²) in [5.74, 6) is 1.50. The smallest absolute Gasteiger partial charge is 0.253 e. The highest BCUT2D eigenvalue weighted by Crippen LogP contribution is 2.29. The van der Waals surface area contributed by atoms with E-state index in [2.05, 4.69) is 15.6 Å². The zero-order valence-corrected chi connectivity index (χ0v) is 18.2. The van der Waals surface area contributed by atoms with Gasteiger partial charge in [0.25, 0.3) is 5.91 Å². The lowest BCUT2D eigenvalue weighted by Gasteiger charge is -2.34. The molecule has 33 heavy (non-hydrogen) atoms. The van der Waals surface area contributed by atoms with Crippen LogP contribution in [-0.2, 0) is 4.79 Å². The Bertz CT molecular complexity index is 1290. The van der Waals surface area contributed by atoms with Crippen LogP contribution in [-0.4, -0.2) is 64.7 Å². The molecule has 0 atom stereocenters. The normalized spacial score (nSPS) is 14.5. The number of aryl methyl sites for hydroxylation is 1. The van der Waals surface area contributed by atoms with E-state index >= 15 is 0 Å². The van der Waals surface area contributed by atoms with Gasteiger partial charge in [-0.2, -0.15) is 0 Å². The molecule has 1 aliphatic rings. The van der Waals surface area contributed by atoms with E-state index in [1.54, 1.807) is 19.1 Å². The van der Waals surface area contributed by atoms with E-state index < -0.39 is 0 Å². The molecule has 2 amide bonds. The number of rotatable bonds is 5. The van der Waals surface area contributed by atoms with Crippen LogP contribution in [0.2, 0.25) is 0 Å². The molecule has 168 valence electrons. The highest BCUT2D eigenvalue weighted by molar-refractivity contribution is 6.01. The number of piperazine rings is 1. The fourth-order valence-electron chi connectivity index (χ4n) is 3.97. The van der Waals surface area contributed by atoms with Gasteiger partial charge in [-0.25, -0.2) is 0 Å². The molecule has 1 aliphatic heterocycles. The van der Waals surface area contributed by atoms with E-state index in [4.69, 9.17) is 9.05 Å². The first-order valence-electron chi connectivity index (χ1n) is 10.8. The number of carbonyl (C=O) groups excluding carboxylic acids is 2. The van der Waals surface area contributed by atoms with Crippen molar-refractivity contribution in [1.29, 1.82) is 0 Å². The Balaban J connectivity index is 1.22. The van der Waals surface area contributed by atoms with E-state index in [0.717, 1.165) is 10.9 Å². The first kappa shape index (κ1) is 20.9. The maximum Gasteiger partial charge on any atom is 0.253 e. The number of hydrogen-bond donors (Lipinski definition) is 1. The van der Waals surface area contributed by atoms with Crippen molar-refractivity contribution in [1.82, 2.24) is 20.1 Å². The molecule has 1 fully saturated rings. The zero-order chi connectivity index (χ0) is 22.8. The number of benzene rings is 2. The summed E-state index contributed by atoms with van der Waals surface area (Å²) in [5.41, 5.74) is 2.22. The summed E-state index contributed by atoms with van der Waals surface area (Å²) in [6, 6.07) is 16.8. The van der Waals surface area contributed by atoms with Gasteiger partial charge in [0.2, 0.25) is 5.91 Å². The predicted molar refractivity (Wildman–Crippen MR) is 122 cm³/mol. The molecule has 2 aromatic heterocycles. The lowest BCUT2D eigenvalue weighted by molar-refractivity contribution is -0.117. The second-order valence-corrected chi connectivity index (χ2v) is 8.05. The molecule has 3 heterocycles. The van der Waals surface area contributed by atoms with Crippen LogP contribution in [0.3, 0.4) is 0 Å². The van der Waals surface area contributed by atoms with Crippen LogP contribution in [0, 0.1) is 6.92 Å². The van der Waals surface area contributed by atoms with Crippen LogP contribution >= 0.6 is 0 Å². The van der Waals surface area contributed by atoms with Crippen molar-refractivity contribution in [2.45, 2.75) is 6.92 Å². The third-order valence-electron chi connectivity index (χ3n) is 5.68. The Hall–Kier alpha value is -3.98. The highest BCUT2D eigenvalue weighted by atomic mass is 16.5. The largest absolute Gasteiger partial charge is 0.360 e. The number of nitrogens with one attached hydrogen (secondary N) is 1. The minimum Gasteiger partial charge on any atom is -0.360 e. The molecule has 0 saturated carbocycles. The lowest BCUT2D eigenvalue weighted by atomic mass is 10.1. The summed E-state index contributed by atoms with van der Waals surface area (Å²) in [5, 5.41) is 11.4. The van der Waals surface area contributed by atoms with Gasteiger partial charge in [0.05, 0.1) is 11.9 Å². The maximum absolute atomic E-state index is 13.1. The fourth-order valence-corrected chi connectivity index (χ4v) is 3.97. The number of amides is 2. The van der Waals surface area contributed by atoms with Gasteiger partial charge in [-0.05, 0) is 25.1 Å². The van der Waals surface area contributed by atoms with Crippen LogP contribution < -0.4 is 5.32 Å². The van der Waals surface area contributed by atoms with Crippen LogP contribution in [0.4, 0.5) is 5.82 Å². The molecule has 5 rings (SSSR count). The van der Waals surface area contributed by atoms with E-state index in [1.807, 2.05) is 52.3 Å². The Labute approximate surface area is 189 Å². The molecule has 9 nitrogen and oxygen atoms in total. The standard InChI is InChI=1S/C24H23N5O4/c1-16-13-21(27-32-16)25-22(30)15-28-9-11-29(12-10-28)24(31)18-7-8-20-19(14-18)23(33-26-20)17-5-3-2-4-6-17/h2-8,13-14H,9-12,15H2,1H3,(H,25,27,30). The molecule has 2 aromatic carbocycles. The lowest BCUT2D eigenvalue weighted by Crippen LogP contribution is -2.50. The molecule has 4 aromatic rings. The van der Waals surface area contributed by atoms with E-state index in [0.29, 0.717) is 54.6 Å². The minimum absolute atomic E-state index is 0.0423. The number of anilines is 1. The van der Waals surface area contributed by atoms with E-state index in [-0.39, 0.29) is 18.4 Å². The second-order valence-electron chi connectivity index (χ2n) is 8.05. The monoisotopic (exact) mass is 445 g/mol. The van der Waals surface area contributed by atoms with Crippen molar-refractivity contribution in [3.05, 3.63) is 65.9 Å². The van der Waals surface area contributed by atoms with Crippen LogP contribution in [0.25, 0.3) is 22.2 Å². The third kappa shape index (κ3) is 4.49. The van der Waals surface area contributed by atoms with Gasteiger partial charge in [0, 0.05) is 43.4 Å². The second kappa shape index (κ2) is 8.87.